The summed E-state index contributed by atoms with van der Waals surface area (Å²) in [5.74, 6) is -0.243. The summed E-state index contributed by atoms with van der Waals surface area (Å²) in [6.45, 7) is 2.53. The molecule has 1 saturated heterocycles. The van der Waals surface area contributed by atoms with Gasteiger partial charge in [-0.1, -0.05) is 0 Å². The molecule has 1 aliphatic heterocycles. The van der Waals surface area contributed by atoms with Crippen molar-refractivity contribution in [1.82, 2.24) is 10.6 Å². The summed E-state index contributed by atoms with van der Waals surface area (Å²) in [5.41, 5.74) is 4.97. The molecule has 1 rings (SSSR count). The van der Waals surface area contributed by atoms with Gasteiger partial charge in [0, 0.05) is 32.1 Å². The van der Waals surface area contributed by atoms with Crippen molar-refractivity contribution >= 4 is 5.91 Å². The number of primary amides is 1. The predicted octanol–water partition coefficient (Wildman–Crippen LogP) is -1.17. The SMILES string of the molecule is NC(=O)CCNC1CC[N]C1. The van der Waals surface area contributed by atoms with Crippen LogP contribution in [0.4, 0.5) is 0 Å². The van der Waals surface area contributed by atoms with E-state index in [1.807, 2.05) is 0 Å². The van der Waals surface area contributed by atoms with Gasteiger partial charge in [-0.2, -0.15) is 0 Å². The van der Waals surface area contributed by atoms with Gasteiger partial charge in [0.05, 0.1) is 0 Å². The first-order valence-electron chi connectivity index (χ1n) is 3.94. The molecule has 63 valence electrons. The summed E-state index contributed by atoms with van der Waals surface area (Å²) in [6, 6.07) is 0.481. The number of carbonyl (C=O) groups excluding carboxylic acids is 1. The molecule has 0 aromatic heterocycles. The van der Waals surface area contributed by atoms with E-state index < -0.39 is 0 Å². The summed E-state index contributed by atoms with van der Waals surface area (Å²) in [4.78, 5) is 10.3. The predicted molar refractivity (Wildman–Crippen MR) is 42.1 cm³/mol. The molecule has 1 fully saturated rings. The second-order valence-electron chi connectivity index (χ2n) is 2.79. The molecule has 1 aliphatic rings. The van der Waals surface area contributed by atoms with Crippen molar-refractivity contribution in [2.24, 2.45) is 5.73 Å². The molecular formula is C7H14N3O. The minimum Gasteiger partial charge on any atom is -0.370 e. The van der Waals surface area contributed by atoms with E-state index in [2.05, 4.69) is 10.6 Å². The Labute approximate surface area is 66.5 Å². The molecule has 0 bridgehead atoms. The lowest BCUT2D eigenvalue weighted by Gasteiger charge is -2.08. The Morgan fingerprint density at radius 2 is 2.55 bits per heavy atom. The highest BCUT2D eigenvalue weighted by atomic mass is 16.1. The number of carbonyl (C=O) groups is 1. The third-order valence-corrected chi connectivity index (χ3v) is 1.79. The van der Waals surface area contributed by atoms with Gasteiger partial charge < -0.3 is 11.1 Å². The fourth-order valence-corrected chi connectivity index (χ4v) is 1.15. The van der Waals surface area contributed by atoms with Crippen LogP contribution < -0.4 is 16.4 Å². The quantitative estimate of drug-likeness (QED) is 0.538. The highest BCUT2D eigenvalue weighted by Gasteiger charge is 2.13. The first-order chi connectivity index (χ1) is 5.29. The van der Waals surface area contributed by atoms with E-state index in [0.29, 0.717) is 19.0 Å². The van der Waals surface area contributed by atoms with E-state index in [1.54, 1.807) is 0 Å². The van der Waals surface area contributed by atoms with Gasteiger partial charge in [-0.15, -0.1) is 0 Å². The van der Waals surface area contributed by atoms with Crippen LogP contribution in [0.1, 0.15) is 12.8 Å². The number of hydrogen-bond donors (Lipinski definition) is 2. The number of rotatable bonds is 4. The summed E-state index contributed by atoms with van der Waals surface area (Å²) in [5, 5.41) is 7.40. The van der Waals surface area contributed by atoms with E-state index in [4.69, 9.17) is 5.73 Å². The zero-order valence-electron chi connectivity index (χ0n) is 6.55. The molecule has 3 N–H and O–H groups in total. The fraction of sp³-hybridized carbons (Fsp3) is 0.857. The maximum absolute atomic E-state index is 10.3. The van der Waals surface area contributed by atoms with Crippen molar-refractivity contribution in [3.05, 3.63) is 0 Å². The molecule has 0 saturated carbocycles. The third-order valence-electron chi connectivity index (χ3n) is 1.79. The van der Waals surface area contributed by atoms with Gasteiger partial charge in [0.15, 0.2) is 0 Å². The standard InChI is InChI=1S/C7H14N3O/c8-7(11)2-4-10-6-1-3-9-5-6/h6,10H,1-5H2,(H2,8,11). The van der Waals surface area contributed by atoms with Crippen LogP contribution in [0.25, 0.3) is 0 Å². The van der Waals surface area contributed by atoms with Crippen molar-refractivity contribution in [3.8, 4) is 0 Å². The molecule has 0 aliphatic carbocycles. The molecule has 1 unspecified atom stereocenters. The van der Waals surface area contributed by atoms with Crippen LogP contribution in [0.5, 0.6) is 0 Å². The van der Waals surface area contributed by atoms with Crippen LogP contribution in [-0.4, -0.2) is 31.6 Å². The largest absolute Gasteiger partial charge is 0.370 e. The first-order valence-corrected chi connectivity index (χ1v) is 3.94. The molecule has 0 aromatic carbocycles. The molecule has 1 heterocycles. The van der Waals surface area contributed by atoms with E-state index in [0.717, 1.165) is 19.5 Å². The van der Waals surface area contributed by atoms with E-state index in [-0.39, 0.29) is 5.91 Å². The summed E-state index contributed by atoms with van der Waals surface area (Å²) < 4.78 is 0. The average Bonchev–Trinajstić information content (AvgIpc) is 2.39. The van der Waals surface area contributed by atoms with Gasteiger partial charge in [-0.05, 0) is 6.42 Å². The van der Waals surface area contributed by atoms with Crippen molar-refractivity contribution in [3.63, 3.8) is 0 Å². The van der Waals surface area contributed by atoms with Gasteiger partial charge in [-0.25, -0.2) is 5.32 Å². The monoisotopic (exact) mass is 156 g/mol. The van der Waals surface area contributed by atoms with Crippen LogP contribution in [0.2, 0.25) is 0 Å². The number of amides is 1. The Morgan fingerprint density at radius 1 is 1.73 bits per heavy atom. The number of nitrogens with two attached hydrogens (primary N) is 1. The van der Waals surface area contributed by atoms with E-state index >= 15 is 0 Å². The average molecular weight is 156 g/mol. The van der Waals surface area contributed by atoms with Crippen molar-refractivity contribution in [1.29, 1.82) is 0 Å². The number of nitrogens with zero attached hydrogens (tertiary/aromatic N) is 1. The van der Waals surface area contributed by atoms with Gasteiger partial charge >= 0.3 is 0 Å². The lowest BCUT2D eigenvalue weighted by Crippen LogP contribution is -2.32. The maximum Gasteiger partial charge on any atom is 0.218 e. The Kier molecular flexibility index (Phi) is 3.32. The second-order valence-corrected chi connectivity index (χ2v) is 2.79. The highest BCUT2D eigenvalue weighted by Crippen LogP contribution is 1.97. The molecule has 4 heteroatoms. The second kappa shape index (κ2) is 4.31. The van der Waals surface area contributed by atoms with Gasteiger partial charge in [0.1, 0.15) is 0 Å². The van der Waals surface area contributed by atoms with Crippen molar-refractivity contribution in [2.45, 2.75) is 18.9 Å². The van der Waals surface area contributed by atoms with Gasteiger partial charge in [0.2, 0.25) is 5.91 Å². The van der Waals surface area contributed by atoms with Crippen LogP contribution in [0, 0.1) is 0 Å². The summed E-state index contributed by atoms with van der Waals surface area (Å²) in [6.07, 6.45) is 1.52. The third kappa shape index (κ3) is 3.34. The normalized spacial score (nSPS) is 23.8. The van der Waals surface area contributed by atoms with Crippen LogP contribution in [-0.2, 0) is 4.79 Å². The van der Waals surface area contributed by atoms with Crippen LogP contribution in [0.15, 0.2) is 0 Å². The topological polar surface area (TPSA) is 69.2 Å². The zero-order chi connectivity index (χ0) is 8.10. The fourth-order valence-electron chi connectivity index (χ4n) is 1.15. The van der Waals surface area contributed by atoms with Crippen molar-refractivity contribution in [2.75, 3.05) is 19.6 Å². The van der Waals surface area contributed by atoms with Crippen LogP contribution >= 0.6 is 0 Å². The van der Waals surface area contributed by atoms with Gasteiger partial charge in [-0.3, -0.25) is 4.79 Å². The number of nitrogens with one attached hydrogen (secondary N) is 1. The van der Waals surface area contributed by atoms with Gasteiger partial charge in [0.25, 0.3) is 0 Å². The molecule has 0 aromatic rings. The lowest BCUT2D eigenvalue weighted by molar-refractivity contribution is -0.117. The Morgan fingerprint density at radius 3 is 3.09 bits per heavy atom. The Hall–Kier alpha value is -0.610. The summed E-state index contributed by atoms with van der Waals surface area (Å²) >= 11 is 0. The minimum absolute atomic E-state index is 0.243. The van der Waals surface area contributed by atoms with E-state index in [1.165, 1.54) is 0 Å². The smallest absolute Gasteiger partial charge is 0.218 e. The van der Waals surface area contributed by atoms with E-state index in [9.17, 15) is 4.79 Å². The zero-order valence-corrected chi connectivity index (χ0v) is 6.55. The highest BCUT2D eigenvalue weighted by molar-refractivity contribution is 5.73. The van der Waals surface area contributed by atoms with Crippen molar-refractivity contribution < 1.29 is 4.79 Å². The molecule has 1 amide bonds. The molecule has 11 heavy (non-hydrogen) atoms. The molecule has 1 radical (unpaired) electrons. The molecule has 1 atom stereocenters. The molecule has 4 nitrogen and oxygen atoms in total. The maximum atomic E-state index is 10.3. The minimum atomic E-state index is -0.243. The summed E-state index contributed by atoms with van der Waals surface area (Å²) in [7, 11) is 0. The Balaban J connectivity index is 1.98. The Bertz CT molecular complexity index is 132. The first kappa shape index (κ1) is 8.49. The van der Waals surface area contributed by atoms with Crippen LogP contribution in [0.3, 0.4) is 0 Å². The molecular weight excluding hydrogens is 142 g/mol. The lowest BCUT2D eigenvalue weighted by atomic mass is 10.2. The number of hydrogen-bond acceptors (Lipinski definition) is 2. The molecule has 0 spiro atoms.